The lowest BCUT2D eigenvalue weighted by molar-refractivity contribution is -0.0109. The van der Waals surface area contributed by atoms with Crippen LogP contribution in [0.5, 0.6) is 5.75 Å². The summed E-state index contributed by atoms with van der Waals surface area (Å²) in [6.07, 6.45) is 1.04. The summed E-state index contributed by atoms with van der Waals surface area (Å²) in [5.41, 5.74) is 4.08. The summed E-state index contributed by atoms with van der Waals surface area (Å²) in [5.74, 6) is -2.06. The lowest BCUT2D eigenvalue weighted by Crippen LogP contribution is -2.30. The van der Waals surface area contributed by atoms with Crippen LogP contribution < -0.4 is 9.80 Å². The standard InChI is InChI=1S/C43H48N2O7/c1-6-44(7-2)29-18-24-33(28(5)26-29)40(47)34-14-10-12-16-36(34)42(49)51-31-20-22-32(23-21-31)52-43(50)37-17-13-11-15-35(37)41(48)38-25-19-30(27-39(38)46)45(8-3)9-4/h10-19,24-27,31-32,46H,6-9,20-23H2,1-5H3. The molecule has 9 heteroatoms. The Kier molecular flexibility index (Phi) is 12.5. The number of aryl methyl sites for hydroxylation is 1. The molecular formula is C43H48N2O7. The fraction of sp³-hybridized carbons (Fsp3) is 0.349. The molecule has 4 aromatic rings. The van der Waals surface area contributed by atoms with Gasteiger partial charge in [0.05, 0.1) is 16.7 Å². The predicted molar refractivity (Wildman–Crippen MR) is 203 cm³/mol. The van der Waals surface area contributed by atoms with Crippen LogP contribution in [0.3, 0.4) is 0 Å². The van der Waals surface area contributed by atoms with Crippen molar-refractivity contribution >= 4 is 34.9 Å². The van der Waals surface area contributed by atoms with Crippen molar-refractivity contribution in [2.75, 3.05) is 36.0 Å². The number of ketones is 2. The van der Waals surface area contributed by atoms with Gasteiger partial charge in [-0.25, -0.2) is 9.59 Å². The summed E-state index contributed by atoms with van der Waals surface area (Å²) in [7, 11) is 0. The Morgan fingerprint density at radius 3 is 1.35 bits per heavy atom. The van der Waals surface area contributed by atoms with Gasteiger partial charge in [-0.05, 0) is 108 Å². The van der Waals surface area contributed by atoms with Crippen molar-refractivity contribution in [3.8, 4) is 5.75 Å². The van der Waals surface area contributed by atoms with E-state index in [1.165, 1.54) is 0 Å². The predicted octanol–water partition coefficient (Wildman–Crippen LogP) is 8.18. The molecule has 1 aliphatic rings. The minimum absolute atomic E-state index is 0.102. The minimum atomic E-state index is -0.628. The molecule has 52 heavy (non-hydrogen) atoms. The minimum Gasteiger partial charge on any atom is -0.507 e. The lowest BCUT2D eigenvalue weighted by Gasteiger charge is -2.28. The average Bonchev–Trinajstić information content (AvgIpc) is 3.16. The number of hydrogen-bond donors (Lipinski definition) is 1. The number of nitrogens with zero attached hydrogens (tertiary/aromatic N) is 2. The zero-order valence-electron chi connectivity index (χ0n) is 30.7. The van der Waals surface area contributed by atoms with Gasteiger partial charge >= 0.3 is 11.9 Å². The molecule has 0 amide bonds. The molecule has 0 spiro atoms. The first kappa shape index (κ1) is 37.8. The quantitative estimate of drug-likeness (QED) is 0.103. The second kappa shape index (κ2) is 17.2. The zero-order valence-corrected chi connectivity index (χ0v) is 30.7. The molecule has 9 nitrogen and oxygen atoms in total. The Labute approximate surface area is 306 Å². The molecule has 0 radical (unpaired) electrons. The molecule has 0 saturated heterocycles. The SMILES string of the molecule is CCN(CC)c1ccc(C(=O)c2ccccc2C(=O)OC2CCC(OC(=O)c3ccccc3C(=O)c3ccc(N(CC)CC)cc3O)CC2)c(C)c1. The molecule has 0 atom stereocenters. The number of phenolic OH excluding ortho intramolecular Hbond substituents is 1. The number of ether oxygens (including phenoxy) is 2. The summed E-state index contributed by atoms with van der Waals surface area (Å²) in [4.78, 5) is 58.3. The third-order valence-corrected chi connectivity index (χ3v) is 9.89. The number of aromatic hydroxyl groups is 1. The van der Waals surface area contributed by atoms with E-state index in [1.807, 2.05) is 39.0 Å². The van der Waals surface area contributed by atoms with Gasteiger partial charge in [0.2, 0.25) is 0 Å². The Morgan fingerprint density at radius 1 is 0.558 bits per heavy atom. The van der Waals surface area contributed by atoms with Gasteiger partial charge in [0.15, 0.2) is 11.6 Å². The van der Waals surface area contributed by atoms with E-state index < -0.39 is 29.9 Å². The Morgan fingerprint density at radius 2 is 0.942 bits per heavy atom. The number of hydrogen-bond acceptors (Lipinski definition) is 9. The maximum atomic E-state index is 13.7. The second-order valence-electron chi connectivity index (χ2n) is 13.0. The number of esters is 2. The molecule has 4 aromatic carbocycles. The first-order chi connectivity index (χ1) is 25.1. The monoisotopic (exact) mass is 704 g/mol. The molecule has 1 fully saturated rings. The van der Waals surface area contributed by atoms with Crippen LogP contribution in [0.2, 0.25) is 0 Å². The third-order valence-electron chi connectivity index (χ3n) is 9.89. The highest BCUT2D eigenvalue weighted by Gasteiger charge is 2.30. The van der Waals surface area contributed by atoms with Crippen molar-refractivity contribution in [3.63, 3.8) is 0 Å². The molecule has 1 aliphatic carbocycles. The van der Waals surface area contributed by atoms with Crippen LogP contribution in [0.1, 0.15) is 112 Å². The molecule has 0 heterocycles. The van der Waals surface area contributed by atoms with Gasteiger partial charge in [0, 0.05) is 60.3 Å². The van der Waals surface area contributed by atoms with Gasteiger partial charge < -0.3 is 24.4 Å². The van der Waals surface area contributed by atoms with Crippen molar-refractivity contribution in [3.05, 3.63) is 124 Å². The highest BCUT2D eigenvalue weighted by molar-refractivity contribution is 6.16. The first-order valence-electron chi connectivity index (χ1n) is 18.2. The smallest absolute Gasteiger partial charge is 0.339 e. The lowest BCUT2D eigenvalue weighted by atomic mass is 9.93. The van der Waals surface area contributed by atoms with Gasteiger partial charge in [-0.15, -0.1) is 0 Å². The molecular weight excluding hydrogens is 656 g/mol. The Balaban J connectivity index is 1.21. The van der Waals surface area contributed by atoms with Crippen molar-refractivity contribution < 1.29 is 33.8 Å². The average molecular weight is 705 g/mol. The molecule has 5 rings (SSSR count). The van der Waals surface area contributed by atoms with Crippen LogP contribution in [0, 0.1) is 6.92 Å². The van der Waals surface area contributed by atoms with E-state index in [9.17, 15) is 24.3 Å². The molecule has 0 aliphatic heterocycles. The Bertz CT molecular complexity index is 1780. The fourth-order valence-corrected chi connectivity index (χ4v) is 6.89. The van der Waals surface area contributed by atoms with Crippen molar-refractivity contribution in [2.24, 2.45) is 0 Å². The summed E-state index contributed by atoms with van der Waals surface area (Å²) >= 11 is 0. The normalized spacial score (nSPS) is 15.4. The Hall–Kier alpha value is -5.44. The zero-order chi connectivity index (χ0) is 37.4. The highest BCUT2D eigenvalue weighted by atomic mass is 16.6. The van der Waals surface area contributed by atoms with Crippen molar-refractivity contribution in [2.45, 2.75) is 72.5 Å². The van der Waals surface area contributed by atoms with Crippen LogP contribution in [0.4, 0.5) is 11.4 Å². The van der Waals surface area contributed by atoms with E-state index in [1.54, 1.807) is 66.7 Å². The molecule has 0 unspecified atom stereocenters. The van der Waals surface area contributed by atoms with Gasteiger partial charge in [0.1, 0.15) is 18.0 Å². The number of carbonyl (C=O) groups excluding carboxylic acids is 4. The van der Waals surface area contributed by atoms with E-state index in [2.05, 4.69) is 23.6 Å². The van der Waals surface area contributed by atoms with Crippen molar-refractivity contribution in [1.29, 1.82) is 0 Å². The van der Waals surface area contributed by atoms with Crippen LogP contribution in [-0.4, -0.2) is 67.0 Å². The third kappa shape index (κ3) is 8.36. The number of carbonyl (C=O) groups is 4. The van der Waals surface area contributed by atoms with Gasteiger partial charge in [-0.3, -0.25) is 9.59 Å². The van der Waals surface area contributed by atoms with E-state index >= 15 is 0 Å². The van der Waals surface area contributed by atoms with Crippen LogP contribution >= 0.6 is 0 Å². The molecule has 0 bridgehead atoms. The first-order valence-corrected chi connectivity index (χ1v) is 18.2. The van der Waals surface area contributed by atoms with E-state index in [0.29, 0.717) is 31.2 Å². The molecule has 1 saturated carbocycles. The summed E-state index contributed by atoms with van der Waals surface area (Å²) in [6.45, 7) is 13.3. The topological polar surface area (TPSA) is 113 Å². The maximum Gasteiger partial charge on any atom is 0.339 e. The van der Waals surface area contributed by atoms with Crippen LogP contribution in [0.25, 0.3) is 0 Å². The van der Waals surface area contributed by atoms with Gasteiger partial charge in [-0.2, -0.15) is 0 Å². The van der Waals surface area contributed by atoms with Gasteiger partial charge in [-0.1, -0.05) is 36.4 Å². The van der Waals surface area contributed by atoms with Crippen LogP contribution in [-0.2, 0) is 9.47 Å². The van der Waals surface area contributed by atoms with Crippen LogP contribution in [0.15, 0.2) is 84.9 Å². The van der Waals surface area contributed by atoms with Crippen molar-refractivity contribution in [1.82, 2.24) is 0 Å². The number of anilines is 2. The van der Waals surface area contributed by atoms with E-state index in [4.69, 9.17) is 9.47 Å². The summed E-state index contributed by atoms with van der Waals surface area (Å²) in [6, 6.07) is 23.8. The summed E-state index contributed by atoms with van der Waals surface area (Å²) < 4.78 is 11.7. The largest absolute Gasteiger partial charge is 0.507 e. The number of benzene rings is 4. The molecule has 1 N–H and O–H groups in total. The fourth-order valence-electron chi connectivity index (χ4n) is 6.89. The van der Waals surface area contributed by atoms with Gasteiger partial charge in [0.25, 0.3) is 0 Å². The second-order valence-corrected chi connectivity index (χ2v) is 13.0. The number of rotatable bonds is 14. The molecule has 272 valence electrons. The molecule has 0 aromatic heterocycles. The van der Waals surface area contributed by atoms with E-state index in [0.717, 1.165) is 43.1 Å². The highest BCUT2D eigenvalue weighted by Crippen LogP contribution is 2.30. The number of phenols is 1. The maximum absolute atomic E-state index is 13.7. The summed E-state index contributed by atoms with van der Waals surface area (Å²) in [5, 5.41) is 10.7. The van der Waals surface area contributed by atoms with E-state index in [-0.39, 0.29) is 39.4 Å².